The minimum Gasteiger partial charge on any atom is -0.487 e. The summed E-state index contributed by atoms with van der Waals surface area (Å²) in [7, 11) is 0. The van der Waals surface area contributed by atoms with Crippen molar-refractivity contribution in [2.24, 2.45) is 0 Å². The molecule has 0 aliphatic rings. The van der Waals surface area contributed by atoms with Gasteiger partial charge in [0.25, 0.3) is 0 Å². The first-order valence-corrected chi connectivity index (χ1v) is 8.17. The predicted molar refractivity (Wildman–Crippen MR) is 97.9 cm³/mol. The number of benzene rings is 2. The molecule has 2 aromatic rings. The lowest BCUT2D eigenvalue weighted by atomic mass is 10.1. The van der Waals surface area contributed by atoms with Crippen molar-refractivity contribution in [2.75, 3.05) is 0 Å². The summed E-state index contributed by atoms with van der Waals surface area (Å²) in [5, 5.41) is 12.4. The van der Waals surface area contributed by atoms with Crippen LogP contribution in [0.25, 0.3) is 6.08 Å². The van der Waals surface area contributed by atoms with Gasteiger partial charge in [-0.15, -0.1) is 0 Å². The number of halogens is 4. The molecule has 0 fully saturated rings. The Hall–Kier alpha value is -1.46. The molecule has 0 unspecified atom stereocenters. The third kappa shape index (κ3) is 4.77. The highest BCUT2D eigenvalue weighted by molar-refractivity contribution is 6.36. The molecule has 0 heterocycles. The van der Waals surface area contributed by atoms with E-state index in [0.29, 0.717) is 26.2 Å². The van der Waals surface area contributed by atoms with Gasteiger partial charge in [-0.25, -0.2) is 0 Å². The van der Waals surface area contributed by atoms with Crippen LogP contribution in [-0.2, 0) is 6.61 Å². The molecule has 0 spiro atoms. The molecule has 0 bridgehead atoms. The summed E-state index contributed by atoms with van der Waals surface area (Å²) < 4.78 is 5.73. The second kappa shape index (κ2) is 8.08. The van der Waals surface area contributed by atoms with E-state index in [4.69, 9.17) is 51.1 Å². The average molecular weight is 407 g/mol. The van der Waals surface area contributed by atoms with E-state index < -0.39 is 4.92 Å². The van der Waals surface area contributed by atoms with Gasteiger partial charge in [0.15, 0.2) is 0 Å². The average Bonchev–Trinajstić information content (AvgIpc) is 2.47. The Bertz CT molecular complexity index is 821. The van der Waals surface area contributed by atoms with Gasteiger partial charge in [-0.2, -0.15) is 0 Å². The van der Waals surface area contributed by atoms with Crippen molar-refractivity contribution < 1.29 is 9.66 Å². The Morgan fingerprint density at radius 3 is 2.42 bits per heavy atom. The number of rotatable bonds is 5. The summed E-state index contributed by atoms with van der Waals surface area (Å²) in [6.07, 6.45) is 1.34. The van der Waals surface area contributed by atoms with Gasteiger partial charge in [0, 0.05) is 39.2 Å². The largest absolute Gasteiger partial charge is 0.487 e. The fourth-order valence-corrected chi connectivity index (χ4v) is 2.93. The van der Waals surface area contributed by atoms with Gasteiger partial charge in [-0.3, -0.25) is 10.1 Å². The maximum absolute atomic E-state index is 10.8. The van der Waals surface area contributed by atoms with E-state index in [1.165, 1.54) is 19.1 Å². The summed E-state index contributed by atoms with van der Waals surface area (Å²) in [6, 6.07) is 8.06. The molecule has 0 amide bonds. The maximum atomic E-state index is 10.8. The fourth-order valence-electron chi connectivity index (χ4n) is 1.91. The molecule has 126 valence electrons. The van der Waals surface area contributed by atoms with E-state index in [-0.39, 0.29) is 23.1 Å². The molecule has 0 N–H and O–H groups in total. The molecule has 0 aromatic heterocycles. The lowest BCUT2D eigenvalue weighted by molar-refractivity contribution is -0.422. The lowest BCUT2D eigenvalue weighted by Crippen LogP contribution is -2.00. The number of hydrogen-bond donors (Lipinski definition) is 0. The van der Waals surface area contributed by atoms with Crippen LogP contribution in [-0.4, -0.2) is 4.92 Å². The molecule has 0 atom stereocenters. The number of ether oxygens (including phenoxy) is 1. The van der Waals surface area contributed by atoms with Crippen molar-refractivity contribution in [1.29, 1.82) is 0 Å². The molecule has 8 heteroatoms. The smallest absolute Gasteiger partial charge is 0.243 e. The molecular formula is C16H11Cl4NO3. The van der Waals surface area contributed by atoms with Crippen molar-refractivity contribution in [2.45, 2.75) is 13.5 Å². The molecule has 2 aromatic carbocycles. The molecular weight excluding hydrogens is 396 g/mol. The van der Waals surface area contributed by atoms with E-state index in [1.807, 2.05) is 0 Å². The molecule has 0 saturated heterocycles. The van der Waals surface area contributed by atoms with Crippen LogP contribution in [0.2, 0.25) is 20.1 Å². The van der Waals surface area contributed by atoms with Gasteiger partial charge in [-0.1, -0.05) is 52.5 Å². The molecule has 0 aliphatic heterocycles. The Morgan fingerprint density at radius 2 is 1.79 bits per heavy atom. The van der Waals surface area contributed by atoms with Gasteiger partial charge in [0.2, 0.25) is 5.70 Å². The minimum atomic E-state index is -0.505. The monoisotopic (exact) mass is 405 g/mol. The first-order valence-electron chi connectivity index (χ1n) is 6.66. The van der Waals surface area contributed by atoms with Crippen molar-refractivity contribution in [3.63, 3.8) is 0 Å². The summed E-state index contributed by atoms with van der Waals surface area (Å²) in [5.41, 5.74) is 1.04. The molecule has 0 saturated carbocycles. The topological polar surface area (TPSA) is 52.4 Å². The highest BCUT2D eigenvalue weighted by Crippen LogP contribution is 2.35. The second-order valence-electron chi connectivity index (χ2n) is 4.87. The maximum Gasteiger partial charge on any atom is 0.243 e. The Labute approximate surface area is 158 Å². The summed E-state index contributed by atoms with van der Waals surface area (Å²) in [5.74, 6) is 0.285. The zero-order valence-electron chi connectivity index (χ0n) is 12.4. The van der Waals surface area contributed by atoms with E-state index >= 15 is 0 Å². The van der Waals surface area contributed by atoms with E-state index in [1.54, 1.807) is 24.3 Å². The zero-order chi connectivity index (χ0) is 17.9. The summed E-state index contributed by atoms with van der Waals surface area (Å²) >= 11 is 24.1. The van der Waals surface area contributed by atoms with Crippen LogP contribution < -0.4 is 4.74 Å². The van der Waals surface area contributed by atoms with Crippen LogP contribution >= 0.6 is 46.4 Å². The van der Waals surface area contributed by atoms with Gasteiger partial charge in [0.1, 0.15) is 12.4 Å². The van der Waals surface area contributed by atoms with Crippen molar-refractivity contribution in [1.82, 2.24) is 0 Å². The van der Waals surface area contributed by atoms with Crippen molar-refractivity contribution in [3.05, 3.63) is 77.4 Å². The summed E-state index contributed by atoms with van der Waals surface area (Å²) in [6.45, 7) is 1.49. The Balaban J connectivity index is 2.35. The summed E-state index contributed by atoms with van der Waals surface area (Å²) in [4.78, 5) is 10.3. The molecule has 24 heavy (non-hydrogen) atoms. The third-order valence-corrected chi connectivity index (χ3v) is 4.16. The van der Waals surface area contributed by atoms with Gasteiger partial charge >= 0.3 is 0 Å². The van der Waals surface area contributed by atoms with Crippen LogP contribution in [0.4, 0.5) is 0 Å². The van der Waals surface area contributed by atoms with Crippen LogP contribution in [0.5, 0.6) is 5.75 Å². The highest BCUT2D eigenvalue weighted by Gasteiger charge is 2.13. The van der Waals surface area contributed by atoms with Gasteiger partial charge < -0.3 is 4.74 Å². The number of hydrogen-bond acceptors (Lipinski definition) is 3. The fraction of sp³-hybridized carbons (Fsp3) is 0.125. The number of nitro groups is 1. The van der Waals surface area contributed by atoms with E-state index in [9.17, 15) is 10.1 Å². The zero-order valence-corrected chi connectivity index (χ0v) is 15.4. The second-order valence-corrected chi connectivity index (χ2v) is 6.56. The van der Waals surface area contributed by atoms with E-state index in [0.717, 1.165) is 0 Å². The predicted octanol–water partition coefficient (Wildman–Crippen LogP) is 6.52. The Morgan fingerprint density at radius 1 is 1.12 bits per heavy atom. The van der Waals surface area contributed by atoms with Gasteiger partial charge in [-0.05, 0) is 24.3 Å². The minimum absolute atomic E-state index is 0.0669. The van der Waals surface area contributed by atoms with Gasteiger partial charge in [0.05, 0.1) is 9.95 Å². The standard InChI is InChI=1S/C16H11Cl4NO3/c1-9(21(22)23)4-11-5-13(18)7-15(20)16(11)24-8-10-2-3-12(17)6-14(10)19/h2-7H,8H2,1H3/b9-4-. The van der Waals surface area contributed by atoms with Crippen LogP contribution in [0.1, 0.15) is 18.1 Å². The first-order chi connectivity index (χ1) is 11.3. The first kappa shape index (κ1) is 18.9. The number of nitrogens with zero attached hydrogens (tertiary/aromatic N) is 1. The van der Waals surface area contributed by atoms with Crippen LogP contribution in [0, 0.1) is 10.1 Å². The molecule has 2 rings (SSSR count). The lowest BCUT2D eigenvalue weighted by Gasteiger charge is -2.13. The van der Waals surface area contributed by atoms with Crippen molar-refractivity contribution >= 4 is 52.5 Å². The van der Waals surface area contributed by atoms with Crippen molar-refractivity contribution in [3.8, 4) is 5.75 Å². The molecule has 0 radical (unpaired) electrons. The number of allylic oxidation sites excluding steroid dienone is 1. The third-order valence-electron chi connectivity index (χ3n) is 3.08. The van der Waals surface area contributed by atoms with Crippen LogP contribution in [0.15, 0.2) is 36.0 Å². The highest BCUT2D eigenvalue weighted by atomic mass is 35.5. The van der Waals surface area contributed by atoms with E-state index in [2.05, 4.69) is 0 Å². The normalized spacial score (nSPS) is 11.5. The molecule has 0 aliphatic carbocycles. The molecule has 4 nitrogen and oxygen atoms in total. The SMILES string of the molecule is C/C(=C/c1cc(Cl)cc(Cl)c1OCc1ccc(Cl)cc1Cl)[N+](=O)[O-]. The Kier molecular flexibility index (Phi) is 6.35. The quantitative estimate of drug-likeness (QED) is 0.419. The van der Waals surface area contributed by atoms with Crippen LogP contribution in [0.3, 0.4) is 0 Å².